The average Bonchev–Trinajstić information content (AvgIpc) is 2.70. The first-order valence-corrected chi connectivity index (χ1v) is 10.1. The Morgan fingerprint density at radius 3 is 2.11 bits per heavy atom. The van der Waals surface area contributed by atoms with Crippen LogP contribution in [0.5, 0.6) is 0 Å². The van der Waals surface area contributed by atoms with Crippen LogP contribution in [-0.2, 0) is 16.8 Å². The number of nitrogens with zero attached hydrogens (tertiary/aromatic N) is 1. The number of primary amides is 1. The summed E-state index contributed by atoms with van der Waals surface area (Å²) in [4.78, 5) is 14.6. The fourth-order valence-electron chi connectivity index (χ4n) is 4.84. The van der Waals surface area contributed by atoms with Gasteiger partial charge >= 0.3 is 0 Å². The van der Waals surface area contributed by atoms with Crippen molar-refractivity contribution in [2.45, 2.75) is 44.1 Å². The lowest BCUT2D eigenvalue weighted by Crippen LogP contribution is -2.46. The van der Waals surface area contributed by atoms with E-state index < -0.39 is 0 Å². The molecule has 144 valence electrons. The maximum atomic E-state index is 12.2. The number of aryl methyl sites for hydroxylation is 1. The van der Waals surface area contributed by atoms with Crippen molar-refractivity contribution in [2.75, 3.05) is 14.1 Å². The molecule has 3 rings (SSSR count). The fourth-order valence-corrected chi connectivity index (χ4v) is 4.84. The highest BCUT2D eigenvalue weighted by Gasteiger charge is 2.41. The summed E-state index contributed by atoms with van der Waals surface area (Å²) in [6.07, 6.45) is 6.02. The summed E-state index contributed by atoms with van der Waals surface area (Å²) >= 11 is 0. The van der Waals surface area contributed by atoms with Crippen LogP contribution < -0.4 is 5.73 Å². The number of benzene rings is 2. The van der Waals surface area contributed by atoms with Crippen molar-refractivity contribution in [2.24, 2.45) is 17.6 Å². The molecule has 1 saturated carbocycles. The molecule has 0 aromatic heterocycles. The van der Waals surface area contributed by atoms with Gasteiger partial charge in [-0.3, -0.25) is 9.69 Å². The van der Waals surface area contributed by atoms with E-state index in [1.807, 2.05) is 6.07 Å². The van der Waals surface area contributed by atoms with Crippen molar-refractivity contribution >= 4 is 5.91 Å². The minimum atomic E-state index is -0.131. The van der Waals surface area contributed by atoms with Gasteiger partial charge in [-0.15, -0.1) is 0 Å². The first kappa shape index (κ1) is 19.6. The van der Waals surface area contributed by atoms with Gasteiger partial charge in [-0.05, 0) is 69.7 Å². The van der Waals surface area contributed by atoms with Crippen LogP contribution in [0.1, 0.15) is 43.2 Å². The standard InChI is InChI=1S/C24H32N2O/c1-26(2)24(21-11-7-4-8-12-21)17-15-20(16-18-24)22(23(25)27)14-13-19-9-5-3-6-10-19/h3-12,20,22H,13-18H2,1-2H3,(H2,25,27). The molecule has 1 atom stereocenters. The highest BCUT2D eigenvalue weighted by molar-refractivity contribution is 5.77. The summed E-state index contributed by atoms with van der Waals surface area (Å²) < 4.78 is 0. The zero-order valence-corrected chi connectivity index (χ0v) is 16.6. The molecule has 0 saturated heterocycles. The number of carbonyl (C=O) groups is 1. The maximum absolute atomic E-state index is 12.2. The molecule has 1 aliphatic rings. The number of rotatable bonds is 7. The number of hydrogen-bond donors (Lipinski definition) is 1. The molecule has 1 amide bonds. The number of amides is 1. The van der Waals surface area contributed by atoms with E-state index in [0.717, 1.165) is 38.5 Å². The molecule has 27 heavy (non-hydrogen) atoms. The maximum Gasteiger partial charge on any atom is 0.220 e. The van der Waals surface area contributed by atoms with Gasteiger partial charge in [0.2, 0.25) is 5.91 Å². The second kappa shape index (κ2) is 8.71. The summed E-state index contributed by atoms with van der Waals surface area (Å²) in [5, 5.41) is 0. The van der Waals surface area contributed by atoms with Crippen LogP contribution in [0.4, 0.5) is 0 Å². The molecule has 2 aromatic carbocycles. The van der Waals surface area contributed by atoms with Crippen molar-refractivity contribution in [1.29, 1.82) is 0 Å². The summed E-state index contributed by atoms with van der Waals surface area (Å²) in [6, 6.07) is 21.2. The van der Waals surface area contributed by atoms with Crippen LogP contribution in [0.15, 0.2) is 60.7 Å². The van der Waals surface area contributed by atoms with Gasteiger partial charge in [0.1, 0.15) is 0 Å². The molecule has 0 heterocycles. The van der Waals surface area contributed by atoms with Crippen molar-refractivity contribution < 1.29 is 4.79 Å². The van der Waals surface area contributed by atoms with Crippen LogP contribution >= 0.6 is 0 Å². The average molecular weight is 365 g/mol. The quantitative estimate of drug-likeness (QED) is 0.793. The van der Waals surface area contributed by atoms with Crippen LogP contribution in [0.2, 0.25) is 0 Å². The van der Waals surface area contributed by atoms with E-state index >= 15 is 0 Å². The predicted octanol–water partition coefficient (Wildman–Crippen LogP) is 4.37. The van der Waals surface area contributed by atoms with Crippen molar-refractivity contribution in [3.05, 3.63) is 71.8 Å². The first-order valence-electron chi connectivity index (χ1n) is 10.1. The van der Waals surface area contributed by atoms with Gasteiger partial charge in [0.05, 0.1) is 0 Å². The Hall–Kier alpha value is -2.13. The van der Waals surface area contributed by atoms with Gasteiger partial charge in [0, 0.05) is 11.5 Å². The van der Waals surface area contributed by atoms with E-state index in [1.165, 1.54) is 11.1 Å². The number of hydrogen-bond acceptors (Lipinski definition) is 2. The van der Waals surface area contributed by atoms with Crippen LogP contribution in [0.3, 0.4) is 0 Å². The normalized spacial score (nSPS) is 23.9. The molecule has 0 radical (unpaired) electrons. The molecule has 3 heteroatoms. The van der Waals surface area contributed by atoms with Crippen LogP contribution in [0, 0.1) is 11.8 Å². The van der Waals surface area contributed by atoms with Gasteiger partial charge in [0.15, 0.2) is 0 Å². The smallest absolute Gasteiger partial charge is 0.220 e. The molecule has 1 unspecified atom stereocenters. The molecule has 3 nitrogen and oxygen atoms in total. The monoisotopic (exact) mass is 364 g/mol. The van der Waals surface area contributed by atoms with Crippen LogP contribution in [0.25, 0.3) is 0 Å². The van der Waals surface area contributed by atoms with Gasteiger partial charge in [-0.2, -0.15) is 0 Å². The molecular weight excluding hydrogens is 332 g/mol. The minimum Gasteiger partial charge on any atom is -0.369 e. The SMILES string of the molecule is CN(C)C1(c2ccccc2)CCC(C(CCc2ccccc2)C(N)=O)CC1. The minimum absolute atomic E-state index is 0.0267. The summed E-state index contributed by atoms with van der Waals surface area (Å²) in [7, 11) is 4.35. The van der Waals surface area contributed by atoms with E-state index in [4.69, 9.17) is 5.73 Å². The molecule has 2 N–H and O–H groups in total. The zero-order valence-electron chi connectivity index (χ0n) is 16.6. The Balaban J connectivity index is 1.69. The molecule has 0 spiro atoms. The van der Waals surface area contributed by atoms with Crippen LogP contribution in [-0.4, -0.2) is 24.9 Å². The van der Waals surface area contributed by atoms with Gasteiger partial charge < -0.3 is 5.73 Å². The summed E-state index contributed by atoms with van der Waals surface area (Å²) in [6.45, 7) is 0. The molecular formula is C24H32N2O. The second-order valence-corrected chi connectivity index (χ2v) is 8.16. The lowest BCUT2D eigenvalue weighted by Gasteiger charge is -2.46. The third-order valence-electron chi connectivity index (χ3n) is 6.55. The Bertz CT molecular complexity index is 719. The molecule has 2 aromatic rings. The largest absolute Gasteiger partial charge is 0.369 e. The van der Waals surface area contributed by atoms with Crippen molar-refractivity contribution in [3.8, 4) is 0 Å². The lowest BCUT2D eigenvalue weighted by atomic mass is 9.68. The Morgan fingerprint density at radius 2 is 1.59 bits per heavy atom. The molecule has 1 aliphatic carbocycles. The van der Waals surface area contributed by atoms with Gasteiger partial charge in [-0.25, -0.2) is 0 Å². The van der Waals surface area contributed by atoms with Crippen molar-refractivity contribution in [3.63, 3.8) is 0 Å². The number of nitrogens with two attached hydrogens (primary N) is 1. The Labute approximate surface area is 163 Å². The highest BCUT2D eigenvalue weighted by atomic mass is 16.1. The first-order chi connectivity index (χ1) is 13.0. The summed E-state index contributed by atoms with van der Waals surface area (Å²) in [5.41, 5.74) is 8.56. The fraction of sp³-hybridized carbons (Fsp3) is 0.458. The lowest BCUT2D eigenvalue weighted by molar-refractivity contribution is -0.124. The van der Waals surface area contributed by atoms with E-state index in [-0.39, 0.29) is 17.4 Å². The van der Waals surface area contributed by atoms with E-state index in [2.05, 4.69) is 73.6 Å². The third kappa shape index (κ3) is 4.41. The molecule has 1 fully saturated rings. The van der Waals surface area contributed by atoms with E-state index in [1.54, 1.807) is 0 Å². The molecule has 0 aliphatic heterocycles. The van der Waals surface area contributed by atoms with Gasteiger partial charge in [-0.1, -0.05) is 60.7 Å². The molecule has 0 bridgehead atoms. The second-order valence-electron chi connectivity index (χ2n) is 8.16. The Morgan fingerprint density at radius 1 is 1.04 bits per heavy atom. The third-order valence-corrected chi connectivity index (χ3v) is 6.55. The van der Waals surface area contributed by atoms with Crippen molar-refractivity contribution in [1.82, 2.24) is 4.90 Å². The predicted molar refractivity (Wildman–Crippen MR) is 111 cm³/mol. The number of carbonyl (C=O) groups excluding carboxylic acids is 1. The van der Waals surface area contributed by atoms with E-state index in [0.29, 0.717) is 5.92 Å². The van der Waals surface area contributed by atoms with Gasteiger partial charge in [0.25, 0.3) is 0 Å². The Kier molecular flexibility index (Phi) is 6.33. The zero-order chi connectivity index (χ0) is 19.3. The van der Waals surface area contributed by atoms with E-state index in [9.17, 15) is 4.79 Å². The highest BCUT2D eigenvalue weighted by Crippen LogP contribution is 2.45. The summed E-state index contributed by atoms with van der Waals surface area (Å²) in [5.74, 6) is 0.233. The topological polar surface area (TPSA) is 46.3 Å².